The maximum absolute atomic E-state index is 12.5. The molecule has 1 unspecified atom stereocenters. The van der Waals surface area contributed by atoms with Gasteiger partial charge >= 0.3 is 0 Å². The number of likely N-dealkylation sites (tertiary alicyclic amines) is 1. The molecule has 2 fully saturated rings. The van der Waals surface area contributed by atoms with Gasteiger partial charge in [-0.05, 0) is 36.7 Å². The van der Waals surface area contributed by atoms with E-state index in [9.17, 15) is 9.59 Å². The number of ether oxygens (including phenoxy) is 1. The van der Waals surface area contributed by atoms with Crippen molar-refractivity contribution in [1.82, 2.24) is 10.2 Å². The van der Waals surface area contributed by atoms with Crippen LogP contribution in [-0.2, 0) is 20.7 Å². The molecule has 130 valence electrons. The van der Waals surface area contributed by atoms with E-state index in [1.54, 1.807) is 0 Å². The Morgan fingerprint density at radius 2 is 1.92 bits per heavy atom. The molecule has 24 heavy (non-hydrogen) atoms. The number of benzene rings is 1. The largest absolute Gasteiger partial charge is 0.375 e. The average molecular weight is 330 g/mol. The van der Waals surface area contributed by atoms with Crippen molar-refractivity contribution in [1.29, 1.82) is 0 Å². The molecule has 3 rings (SSSR count). The summed E-state index contributed by atoms with van der Waals surface area (Å²) >= 11 is 0. The predicted molar refractivity (Wildman–Crippen MR) is 91.4 cm³/mol. The third-order valence-corrected chi connectivity index (χ3v) is 5.59. The number of hydrogen-bond acceptors (Lipinski definition) is 3. The molecule has 1 atom stereocenters. The molecule has 1 N–H and O–H groups in total. The quantitative estimate of drug-likeness (QED) is 0.895. The summed E-state index contributed by atoms with van der Waals surface area (Å²) in [6.07, 6.45) is 4.61. The van der Waals surface area contributed by atoms with Crippen LogP contribution < -0.4 is 5.32 Å². The lowest BCUT2D eigenvalue weighted by molar-refractivity contribution is -0.137. The fraction of sp³-hybridized carbons (Fsp3) is 0.579. The maximum Gasteiger partial charge on any atom is 0.246 e. The Labute approximate surface area is 143 Å². The van der Waals surface area contributed by atoms with Gasteiger partial charge in [0.1, 0.15) is 6.61 Å². The fourth-order valence-electron chi connectivity index (χ4n) is 3.97. The molecule has 1 spiro atoms. The zero-order valence-electron chi connectivity index (χ0n) is 14.3. The van der Waals surface area contributed by atoms with Crippen LogP contribution in [0.15, 0.2) is 30.3 Å². The Morgan fingerprint density at radius 1 is 1.21 bits per heavy atom. The van der Waals surface area contributed by atoms with E-state index < -0.39 is 0 Å². The molecule has 1 aliphatic heterocycles. The zero-order chi connectivity index (χ0) is 17.0. The summed E-state index contributed by atoms with van der Waals surface area (Å²) in [5.74, 6) is 0.166. The summed E-state index contributed by atoms with van der Waals surface area (Å²) in [5, 5.41) is 3.09. The molecule has 1 aromatic carbocycles. The van der Waals surface area contributed by atoms with Crippen molar-refractivity contribution in [2.24, 2.45) is 5.41 Å². The Hall–Kier alpha value is -1.88. The van der Waals surface area contributed by atoms with Crippen LogP contribution >= 0.6 is 0 Å². The van der Waals surface area contributed by atoms with Gasteiger partial charge in [0, 0.05) is 26.2 Å². The molecule has 1 heterocycles. The zero-order valence-corrected chi connectivity index (χ0v) is 14.3. The molecule has 2 amide bonds. The van der Waals surface area contributed by atoms with Crippen molar-refractivity contribution >= 4 is 11.8 Å². The minimum Gasteiger partial charge on any atom is -0.375 e. The van der Waals surface area contributed by atoms with E-state index in [4.69, 9.17) is 4.74 Å². The Balaban J connectivity index is 1.50. The minimum atomic E-state index is -0.0378. The lowest BCUT2D eigenvalue weighted by atomic mass is 9.59. The summed E-state index contributed by atoms with van der Waals surface area (Å²) in [5.41, 5.74) is 1.25. The number of carbonyl (C=O) groups excluding carboxylic acids is 2. The molecular formula is C19H26N2O3. The molecule has 0 aromatic heterocycles. The average Bonchev–Trinajstić information content (AvgIpc) is 2.60. The van der Waals surface area contributed by atoms with E-state index in [1.165, 1.54) is 7.11 Å². The van der Waals surface area contributed by atoms with Crippen LogP contribution in [0, 0.1) is 5.41 Å². The van der Waals surface area contributed by atoms with Crippen molar-refractivity contribution in [3.05, 3.63) is 35.9 Å². The van der Waals surface area contributed by atoms with E-state index >= 15 is 0 Å². The summed E-state index contributed by atoms with van der Waals surface area (Å²) < 4.78 is 4.89. The highest BCUT2D eigenvalue weighted by Crippen LogP contribution is 2.49. The summed E-state index contributed by atoms with van der Waals surface area (Å²) in [6, 6.07) is 10.1. The fourth-order valence-corrected chi connectivity index (χ4v) is 3.97. The van der Waals surface area contributed by atoms with Gasteiger partial charge in [0.15, 0.2) is 0 Å². The molecule has 5 nitrogen and oxygen atoms in total. The Kier molecular flexibility index (Phi) is 5.19. The number of nitrogens with zero attached hydrogens (tertiary/aromatic N) is 1. The van der Waals surface area contributed by atoms with Gasteiger partial charge in [-0.2, -0.15) is 0 Å². The smallest absolute Gasteiger partial charge is 0.246 e. The third-order valence-electron chi connectivity index (χ3n) is 5.59. The number of amides is 2. The highest BCUT2D eigenvalue weighted by Gasteiger charge is 2.49. The van der Waals surface area contributed by atoms with Crippen LogP contribution in [0.5, 0.6) is 0 Å². The summed E-state index contributed by atoms with van der Waals surface area (Å²) in [4.78, 5) is 26.2. The molecule has 1 saturated carbocycles. The standard InChI is InChI=1S/C19H26N2O3/c1-24-14-17(22)20-16-7-8-19(16)9-11-21(12-10-19)18(23)13-15-5-3-2-4-6-15/h2-6,16H,7-14H2,1H3,(H,20,22). The first-order valence-corrected chi connectivity index (χ1v) is 8.73. The van der Waals surface area contributed by atoms with E-state index in [0.717, 1.165) is 44.3 Å². The van der Waals surface area contributed by atoms with Gasteiger partial charge in [-0.3, -0.25) is 9.59 Å². The molecule has 2 aliphatic rings. The van der Waals surface area contributed by atoms with Crippen molar-refractivity contribution in [2.45, 2.75) is 38.1 Å². The molecular weight excluding hydrogens is 304 g/mol. The first-order valence-electron chi connectivity index (χ1n) is 8.73. The van der Waals surface area contributed by atoms with Crippen LogP contribution in [0.4, 0.5) is 0 Å². The SMILES string of the molecule is COCC(=O)NC1CCC12CCN(C(=O)Cc1ccccc1)CC2. The van der Waals surface area contributed by atoms with Crippen molar-refractivity contribution in [2.75, 3.05) is 26.8 Å². The van der Waals surface area contributed by atoms with Gasteiger partial charge < -0.3 is 15.0 Å². The maximum atomic E-state index is 12.5. The number of piperidine rings is 1. The molecule has 0 radical (unpaired) electrons. The number of nitrogens with one attached hydrogen (secondary N) is 1. The van der Waals surface area contributed by atoms with E-state index in [-0.39, 0.29) is 29.9 Å². The lowest BCUT2D eigenvalue weighted by Crippen LogP contribution is -2.60. The number of hydrogen-bond donors (Lipinski definition) is 1. The first-order chi connectivity index (χ1) is 11.6. The minimum absolute atomic E-state index is 0.0378. The van der Waals surface area contributed by atoms with Crippen molar-refractivity contribution < 1.29 is 14.3 Å². The lowest BCUT2D eigenvalue weighted by Gasteiger charge is -2.54. The molecule has 0 bridgehead atoms. The van der Waals surface area contributed by atoms with Crippen molar-refractivity contribution in [3.63, 3.8) is 0 Å². The highest BCUT2D eigenvalue weighted by molar-refractivity contribution is 5.79. The molecule has 1 aliphatic carbocycles. The number of rotatable bonds is 5. The van der Waals surface area contributed by atoms with Crippen LogP contribution in [-0.4, -0.2) is 49.6 Å². The third kappa shape index (κ3) is 3.61. The first kappa shape index (κ1) is 17.0. The predicted octanol–water partition coefficient (Wildman–Crippen LogP) is 1.76. The van der Waals surface area contributed by atoms with E-state index in [0.29, 0.717) is 6.42 Å². The number of methoxy groups -OCH3 is 1. The highest BCUT2D eigenvalue weighted by atomic mass is 16.5. The molecule has 5 heteroatoms. The number of carbonyl (C=O) groups is 2. The Bertz CT molecular complexity index is 580. The summed E-state index contributed by atoms with van der Waals surface area (Å²) in [6.45, 7) is 1.71. The Morgan fingerprint density at radius 3 is 2.50 bits per heavy atom. The van der Waals surface area contributed by atoms with Gasteiger partial charge in [0.05, 0.1) is 6.42 Å². The second-order valence-electron chi connectivity index (χ2n) is 7.00. The van der Waals surface area contributed by atoms with Gasteiger partial charge in [-0.1, -0.05) is 30.3 Å². The second-order valence-corrected chi connectivity index (χ2v) is 7.00. The van der Waals surface area contributed by atoms with Crippen molar-refractivity contribution in [3.8, 4) is 0 Å². The molecule has 1 saturated heterocycles. The second kappa shape index (κ2) is 7.34. The normalized spacial score (nSPS) is 22.0. The van der Waals surface area contributed by atoms with Crippen LogP contribution in [0.3, 0.4) is 0 Å². The molecule has 1 aromatic rings. The summed E-state index contributed by atoms with van der Waals surface area (Å²) in [7, 11) is 1.53. The van der Waals surface area contributed by atoms with Gasteiger partial charge in [-0.15, -0.1) is 0 Å². The van der Waals surface area contributed by atoms with E-state index in [1.807, 2.05) is 35.2 Å². The van der Waals surface area contributed by atoms with E-state index in [2.05, 4.69) is 5.32 Å². The van der Waals surface area contributed by atoms with Gasteiger partial charge in [-0.25, -0.2) is 0 Å². The van der Waals surface area contributed by atoms with Gasteiger partial charge in [0.2, 0.25) is 11.8 Å². The van der Waals surface area contributed by atoms with Crippen LogP contribution in [0.25, 0.3) is 0 Å². The topological polar surface area (TPSA) is 58.6 Å². The van der Waals surface area contributed by atoms with Gasteiger partial charge in [0.25, 0.3) is 0 Å². The van der Waals surface area contributed by atoms with Crippen LogP contribution in [0.1, 0.15) is 31.2 Å². The monoisotopic (exact) mass is 330 g/mol. The van der Waals surface area contributed by atoms with Crippen LogP contribution in [0.2, 0.25) is 0 Å².